The first-order valence-electron chi connectivity index (χ1n) is 8.94. The Kier molecular flexibility index (Phi) is 5.91. The molecule has 8 nitrogen and oxygen atoms in total. The number of nitrogens with zero attached hydrogens (tertiary/aromatic N) is 1. The van der Waals surface area contributed by atoms with Crippen LogP contribution in [0.2, 0.25) is 0 Å². The first-order valence-corrected chi connectivity index (χ1v) is 10.5. The number of carbonyl (C=O) groups is 1. The zero-order chi connectivity index (χ0) is 21.9. The lowest BCUT2D eigenvalue weighted by Gasteiger charge is -2.12. The third-order valence-corrected chi connectivity index (χ3v) is 5.19. The van der Waals surface area contributed by atoms with Crippen LogP contribution in [0.4, 0.5) is 5.69 Å². The maximum absolute atomic E-state index is 12.8. The molecular weight excluding hydrogens is 404 g/mol. The Morgan fingerprint density at radius 1 is 1.17 bits per heavy atom. The molecule has 30 heavy (non-hydrogen) atoms. The third kappa shape index (κ3) is 4.68. The maximum atomic E-state index is 12.8. The summed E-state index contributed by atoms with van der Waals surface area (Å²) in [6, 6.07) is 17.0. The van der Waals surface area contributed by atoms with Crippen LogP contribution in [0.15, 0.2) is 54.6 Å². The lowest BCUT2D eigenvalue weighted by molar-refractivity contribution is 0.103. The average Bonchev–Trinajstić information content (AvgIpc) is 3.16. The minimum atomic E-state index is -3.85. The molecule has 0 fully saturated rings. The summed E-state index contributed by atoms with van der Waals surface area (Å²) in [5, 5.41) is 14.5. The van der Waals surface area contributed by atoms with E-state index in [0.29, 0.717) is 34.0 Å². The SMILES string of the molecule is COc1ccc(C(=O)c2cc(C#N)c(C(C)c3ccc(NS(N)(=O)=O)cc3)[nH]2)cc1. The Bertz CT molecular complexity index is 1210. The highest BCUT2D eigenvalue weighted by molar-refractivity contribution is 7.90. The van der Waals surface area contributed by atoms with E-state index in [4.69, 9.17) is 9.88 Å². The van der Waals surface area contributed by atoms with Gasteiger partial charge in [0.2, 0.25) is 5.78 Å². The molecule has 0 aliphatic heterocycles. The predicted molar refractivity (Wildman–Crippen MR) is 113 cm³/mol. The van der Waals surface area contributed by atoms with Crippen molar-refractivity contribution in [1.82, 2.24) is 4.98 Å². The van der Waals surface area contributed by atoms with Crippen LogP contribution in [0.25, 0.3) is 0 Å². The summed E-state index contributed by atoms with van der Waals surface area (Å²) in [6.45, 7) is 1.89. The number of H-pyrrole nitrogens is 1. The molecule has 0 aliphatic rings. The predicted octanol–water partition coefficient (Wildman–Crippen LogP) is 2.89. The summed E-state index contributed by atoms with van der Waals surface area (Å²) >= 11 is 0. The Hall–Kier alpha value is -3.61. The second kappa shape index (κ2) is 8.41. The Morgan fingerprint density at radius 2 is 1.80 bits per heavy atom. The molecule has 0 spiro atoms. The van der Waals surface area contributed by atoms with E-state index in [-0.39, 0.29) is 11.7 Å². The number of methoxy groups -OCH3 is 1. The van der Waals surface area contributed by atoms with Gasteiger partial charge in [0.05, 0.1) is 18.4 Å². The first-order chi connectivity index (χ1) is 14.2. The summed E-state index contributed by atoms with van der Waals surface area (Å²) in [4.78, 5) is 15.9. The fraction of sp³-hybridized carbons (Fsp3) is 0.143. The van der Waals surface area contributed by atoms with Gasteiger partial charge in [0.15, 0.2) is 0 Å². The molecule has 3 rings (SSSR count). The number of anilines is 1. The van der Waals surface area contributed by atoms with Gasteiger partial charge in [-0.05, 0) is 48.0 Å². The molecule has 0 bridgehead atoms. The van der Waals surface area contributed by atoms with Gasteiger partial charge < -0.3 is 9.72 Å². The van der Waals surface area contributed by atoms with Crippen LogP contribution in [-0.2, 0) is 10.2 Å². The molecule has 4 N–H and O–H groups in total. The normalized spacial score (nSPS) is 12.1. The van der Waals surface area contributed by atoms with Crippen molar-refractivity contribution in [1.29, 1.82) is 5.26 Å². The lowest BCUT2D eigenvalue weighted by atomic mass is 9.95. The molecule has 0 radical (unpaired) electrons. The van der Waals surface area contributed by atoms with E-state index in [2.05, 4.69) is 15.8 Å². The number of aromatic amines is 1. The summed E-state index contributed by atoms with van der Waals surface area (Å²) in [5.41, 5.74) is 2.91. The van der Waals surface area contributed by atoms with Gasteiger partial charge in [0.25, 0.3) is 10.2 Å². The highest BCUT2D eigenvalue weighted by Crippen LogP contribution is 2.28. The number of rotatable bonds is 7. The van der Waals surface area contributed by atoms with Crippen molar-refractivity contribution >= 4 is 21.7 Å². The molecular formula is C21H20N4O4S. The topological polar surface area (TPSA) is 138 Å². The van der Waals surface area contributed by atoms with Crippen LogP contribution < -0.4 is 14.6 Å². The van der Waals surface area contributed by atoms with Gasteiger partial charge in [-0.2, -0.15) is 13.7 Å². The molecule has 3 aromatic rings. The molecule has 1 heterocycles. The molecule has 2 aromatic carbocycles. The molecule has 154 valence electrons. The number of ketones is 1. The van der Waals surface area contributed by atoms with Crippen molar-refractivity contribution in [3.63, 3.8) is 0 Å². The number of hydrogen-bond acceptors (Lipinski definition) is 5. The summed E-state index contributed by atoms with van der Waals surface area (Å²) in [7, 11) is -2.31. The third-order valence-electron chi connectivity index (χ3n) is 4.67. The van der Waals surface area contributed by atoms with Gasteiger partial charge in [-0.25, -0.2) is 5.14 Å². The number of nitriles is 1. The number of carbonyl (C=O) groups excluding carboxylic acids is 1. The zero-order valence-electron chi connectivity index (χ0n) is 16.3. The summed E-state index contributed by atoms with van der Waals surface area (Å²) in [5.74, 6) is 0.173. The van der Waals surface area contributed by atoms with E-state index >= 15 is 0 Å². The van der Waals surface area contributed by atoms with Crippen LogP contribution in [0.1, 0.15) is 45.7 Å². The van der Waals surface area contributed by atoms with Gasteiger partial charge >= 0.3 is 0 Å². The quantitative estimate of drug-likeness (QED) is 0.501. The second-order valence-electron chi connectivity index (χ2n) is 6.67. The average molecular weight is 424 g/mol. The molecule has 9 heteroatoms. The standard InChI is InChI=1S/C21H20N4O4S/c1-13(14-3-7-17(8-4-14)25-30(23,27)28)20-16(12-22)11-19(24-20)21(26)15-5-9-18(29-2)10-6-15/h3-11,13,24-25H,1-2H3,(H2,23,27,28). The van der Waals surface area contributed by atoms with Crippen molar-refractivity contribution in [2.24, 2.45) is 5.14 Å². The minimum Gasteiger partial charge on any atom is -0.497 e. The summed E-state index contributed by atoms with van der Waals surface area (Å²) < 4.78 is 29.6. The molecule has 0 amide bonds. The number of aromatic nitrogens is 1. The fourth-order valence-corrected chi connectivity index (χ4v) is 3.56. The van der Waals surface area contributed by atoms with E-state index in [0.717, 1.165) is 5.56 Å². The van der Waals surface area contributed by atoms with E-state index in [1.807, 2.05) is 6.92 Å². The smallest absolute Gasteiger partial charge is 0.296 e. The number of ether oxygens (including phenoxy) is 1. The number of benzene rings is 2. The fourth-order valence-electron chi connectivity index (χ4n) is 3.10. The monoisotopic (exact) mass is 424 g/mol. The van der Waals surface area contributed by atoms with Crippen LogP contribution in [0, 0.1) is 11.3 Å². The van der Waals surface area contributed by atoms with Crippen molar-refractivity contribution in [3.05, 3.63) is 82.7 Å². The molecule has 0 saturated carbocycles. The van der Waals surface area contributed by atoms with E-state index in [1.54, 1.807) is 55.6 Å². The van der Waals surface area contributed by atoms with Crippen LogP contribution in [0.3, 0.4) is 0 Å². The minimum absolute atomic E-state index is 0.236. The molecule has 0 aliphatic carbocycles. The van der Waals surface area contributed by atoms with Crippen molar-refractivity contribution in [3.8, 4) is 11.8 Å². The van der Waals surface area contributed by atoms with Crippen LogP contribution >= 0.6 is 0 Å². The van der Waals surface area contributed by atoms with Gasteiger partial charge in [0.1, 0.15) is 11.8 Å². The largest absolute Gasteiger partial charge is 0.497 e. The number of hydrogen-bond donors (Lipinski definition) is 3. The molecule has 1 unspecified atom stereocenters. The summed E-state index contributed by atoms with van der Waals surface area (Å²) in [6.07, 6.45) is 0. The Balaban J connectivity index is 1.88. The van der Waals surface area contributed by atoms with Crippen LogP contribution in [-0.4, -0.2) is 26.3 Å². The van der Waals surface area contributed by atoms with Crippen molar-refractivity contribution in [2.75, 3.05) is 11.8 Å². The Labute approximate surface area is 174 Å². The van der Waals surface area contributed by atoms with Crippen molar-refractivity contribution in [2.45, 2.75) is 12.8 Å². The number of nitrogens with one attached hydrogen (secondary N) is 2. The second-order valence-corrected chi connectivity index (χ2v) is 7.96. The first kappa shape index (κ1) is 21.1. The molecule has 1 aromatic heterocycles. The van der Waals surface area contributed by atoms with E-state index < -0.39 is 10.2 Å². The molecule has 1 atom stereocenters. The highest BCUT2D eigenvalue weighted by atomic mass is 32.2. The van der Waals surface area contributed by atoms with Crippen LogP contribution in [0.5, 0.6) is 5.75 Å². The molecule has 0 saturated heterocycles. The zero-order valence-corrected chi connectivity index (χ0v) is 17.2. The highest BCUT2D eigenvalue weighted by Gasteiger charge is 2.20. The lowest BCUT2D eigenvalue weighted by Crippen LogP contribution is -2.21. The van der Waals surface area contributed by atoms with E-state index in [1.165, 1.54) is 6.07 Å². The van der Waals surface area contributed by atoms with Gasteiger partial charge in [-0.1, -0.05) is 19.1 Å². The number of nitrogens with two attached hydrogens (primary N) is 1. The van der Waals surface area contributed by atoms with Gasteiger partial charge in [0, 0.05) is 22.9 Å². The Morgan fingerprint density at radius 3 is 2.33 bits per heavy atom. The van der Waals surface area contributed by atoms with Gasteiger partial charge in [-0.15, -0.1) is 0 Å². The van der Waals surface area contributed by atoms with E-state index in [9.17, 15) is 18.5 Å². The van der Waals surface area contributed by atoms with Crippen molar-refractivity contribution < 1.29 is 17.9 Å². The van der Waals surface area contributed by atoms with Gasteiger partial charge in [-0.3, -0.25) is 9.52 Å². The maximum Gasteiger partial charge on any atom is 0.296 e.